The Morgan fingerprint density at radius 1 is 1.24 bits per heavy atom. The van der Waals surface area contributed by atoms with Crippen molar-refractivity contribution >= 4 is 5.52 Å². The first-order valence-corrected chi connectivity index (χ1v) is 11.4. The van der Waals surface area contributed by atoms with Crippen molar-refractivity contribution in [2.75, 3.05) is 13.1 Å². The highest BCUT2D eigenvalue weighted by Crippen LogP contribution is 2.35. The van der Waals surface area contributed by atoms with Crippen LogP contribution in [0, 0.1) is 18.3 Å². The van der Waals surface area contributed by atoms with Gasteiger partial charge in [-0.15, -0.1) is 0 Å². The van der Waals surface area contributed by atoms with Crippen LogP contribution in [0.15, 0.2) is 49.1 Å². The van der Waals surface area contributed by atoms with Crippen LogP contribution in [0.3, 0.4) is 0 Å². The summed E-state index contributed by atoms with van der Waals surface area (Å²) >= 11 is 0. The molecule has 0 radical (unpaired) electrons. The van der Waals surface area contributed by atoms with E-state index in [9.17, 15) is 5.26 Å². The van der Waals surface area contributed by atoms with Crippen LogP contribution < -0.4 is 10.1 Å². The number of nitrogens with one attached hydrogen (secondary N) is 1. The first-order chi connectivity index (χ1) is 16.2. The Morgan fingerprint density at radius 2 is 2.09 bits per heavy atom. The predicted octanol–water partition coefficient (Wildman–Crippen LogP) is 4.23. The molecule has 8 nitrogen and oxygen atoms in total. The highest BCUT2D eigenvalue weighted by atomic mass is 16.5. The lowest BCUT2D eigenvalue weighted by Crippen LogP contribution is -2.30. The fourth-order valence-corrected chi connectivity index (χ4v) is 4.60. The molecule has 5 rings (SSSR count). The number of ether oxygens (including phenoxy) is 1. The van der Waals surface area contributed by atoms with Gasteiger partial charge in [0.2, 0.25) is 0 Å². The average Bonchev–Trinajstić information content (AvgIpc) is 3.46. The second-order valence-corrected chi connectivity index (χ2v) is 8.39. The Morgan fingerprint density at radius 3 is 2.82 bits per heavy atom. The molecule has 0 saturated carbocycles. The lowest BCUT2D eigenvalue weighted by molar-refractivity contribution is 0.198. The van der Waals surface area contributed by atoms with E-state index in [1.165, 1.54) is 0 Å². The van der Waals surface area contributed by atoms with Crippen molar-refractivity contribution in [1.29, 1.82) is 5.26 Å². The molecule has 4 aromatic heterocycles. The third kappa shape index (κ3) is 3.96. The van der Waals surface area contributed by atoms with Crippen LogP contribution in [0.25, 0.3) is 16.6 Å². The molecule has 0 aromatic carbocycles. The standard InChI is InChI=1S/C25H27N7O/c1-3-23(22-6-4-5-9-28-22)33-24-12-18(16-31-25(24)19(13-26)14-29-31)21-15-30-32(17(21)2)20-7-10-27-11-8-20/h4-6,9,12,14-16,20,23,27H,3,7-8,10-11H2,1-2H3/t23-/m1/s1. The van der Waals surface area contributed by atoms with Gasteiger partial charge in [-0.1, -0.05) is 13.0 Å². The number of rotatable bonds is 6. The number of hydrogen-bond acceptors (Lipinski definition) is 6. The molecule has 0 amide bonds. The van der Waals surface area contributed by atoms with Gasteiger partial charge in [0.15, 0.2) is 0 Å². The van der Waals surface area contributed by atoms with E-state index in [-0.39, 0.29) is 6.10 Å². The third-order valence-corrected chi connectivity index (χ3v) is 6.37. The Kier molecular flexibility index (Phi) is 5.80. The number of hydrogen-bond donors (Lipinski definition) is 1. The van der Waals surface area contributed by atoms with Crippen molar-refractivity contribution in [3.63, 3.8) is 0 Å². The largest absolute Gasteiger partial charge is 0.482 e. The summed E-state index contributed by atoms with van der Waals surface area (Å²) < 4.78 is 10.4. The quantitative estimate of drug-likeness (QED) is 0.481. The van der Waals surface area contributed by atoms with Gasteiger partial charge in [0.25, 0.3) is 0 Å². The molecule has 1 fully saturated rings. The summed E-state index contributed by atoms with van der Waals surface area (Å²) in [7, 11) is 0. The van der Waals surface area contributed by atoms with Gasteiger partial charge in [-0.3, -0.25) is 9.67 Å². The topological polar surface area (TPSA) is 93.1 Å². The summed E-state index contributed by atoms with van der Waals surface area (Å²) in [6.45, 7) is 6.20. The molecule has 33 heavy (non-hydrogen) atoms. The Bertz CT molecular complexity index is 1300. The van der Waals surface area contributed by atoms with Gasteiger partial charge in [-0.25, -0.2) is 4.52 Å². The van der Waals surface area contributed by atoms with Gasteiger partial charge in [0.1, 0.15) is 29.0 Å². The maximum Gasteiger partial charge on any atom is 0.148 e. The van der Waals surface area contributed by atoms with E-state index in [0.717, 1.165) is 54.9 Å². The number of nitrogens with zero attached hydrogens (tertiary/aromatic N) is 6. The molecular formula is C25H27N7O. The Hall–Kier alpha value is -3.70. The molecule has 8 heteroatoms. The normalized spacial score (nSPS) is 15.4. The highest BCUT2D eigenvalue weighted by Gasteiger charge is 2.22. The lowest BCUT2D eigenvalue weighted by atomic mass is 10.0. The zero-order chi connectivity index (χ0) is 22.8. The molecule has 1 N–H and O–H groups in total. The number of piperidine rings is 1. The van der Waals surface area contributed by atoms with Crippen LogP contribution in [0.1, 0.15) is 55.3 Å². The summed E-state index contributed by atoms with van der Waals surface area (Å²) in [5, 5.41) is 22.2. The van der Waals surface area contributed by atoms with E-state index in [0.29, 0.717) is 22.9 Å². The fourth-order valence-electron chi connectivity index (χ4n) is 4.60. The monoisotopic (exact) mass is 441 g/mol. The molecule has 0 unspecified atom stereocenters. The lowest BCUT2D eigenvalue weighted by Gasteiger charge is -2.24. The van der Waals surface area contributed by atoms with E-state index in [4.69, 9.17) is 9.84 Å². The van der Waals surface area contributed by atoms with Crippen LogP contribution in [-0.4, -0.2) is 37.5 Å². The van der Waals surface area contributed by atoms with Crippen LogP contribution >= 0.6 is 0 Å². The molecule has 1 saturated heterocycles. The first kappa shape index (κ1) is 21.2. The Labute approximate surface area is 192 Å². The second kappa shape index (κ2) is 9.04. The van der Waals surface area contributed by atoms with Crippen LogP contribution in [0.2, 0.25) is 0 Å². The molecule has 1 aliphatic heterocycles. The van der Waals surface area contributed by atoms with Crippen molar-refractivity contribution in [2.24, 2.45) is 0 Å². The number of pyridine rings is 2. The van der Waals surface area contributed by atoms with Gasteiger partial charge in [-0.05, 0) is 57.5 Å². The molecular weight excluding hydrogens is 414 g/mol. The van der Waals surface area contributed by atoms with Crippen LogP contribution in [0.4, 0.5) is 0 Å². The van der Waals surface area contributed by atoms with Crippen molar-refractivity contribution in [1.82, 2.24) is 29.7 Å². The van der Waals surface area contributed by atoms with Crippen LogP contribution in [-0.2, 0) is 0 Å². The molecule has 168 valence electrons. The van der Waals surface area contributed by atoms with E-state index in [2.05, 4.69) is 40.0 Å². The number of nitriles is 1. The average molecular weight is 442 g/mol. The fraction of sp³-hybridized carbons (Fsp3) is 0.360. The number of fused-ring (bicyclic) bond motifs is 1. The molecule has 0 aliphatic carbocycles. The summed E-state index contributed by atoms with van der Waals surface area (Å²) in [6.07, 6.45) is 9.88. The molecule has 0 spiro atoms. The maximum atomic E-state index is 9.65. The molecule has 4 aromatic rings. The minimum absolute atomic E-state index is 0.231. The van der Waals surface area contributed by atoms with Crippen molar-refractivity contribution in [2.45, 2.75) is 45.3 Å². The van der Waals surface area contributed by atoms with Gasteiger partial charge in [0, 0.05) is 29.2 Å². The Balaban J connectivity index is 1.58. The molecule has 1 aliphatic rings. The predicted molar refractivity (Wildman–Crippen MR) is 125 cm³/mol. The van der Waals surface area contributed by atoms with E-state index >= 15 is 0 Å². The minimum atomic E-state index is -0.231. The molecule has 5 heterocycles. The highest BCUT2D eigenvalue weighted by molar-refractivity contribution is 5.76. The zero-order valence-corrected chi connectivity index (χ0v) is 18.9. The van der Waals surface area contributed by atoms with E-state index in [1.807, 2.05) is 36.7 Å². The summed E-state index contributed by atoms with van der Waals surface area (Å²) in [5.74, 6) is 0.619. The van der Waals surface area contributed by atoms with Gasteiger partial charge in [-0.2, -0.15) is 15.5 Å². The van der Waals surface area contributed by atoms with Gasteiger partial charge >= 0.3 is 0 Å². The minimum Gasteiger partial charge on any atom is -0.482 e. The molecule has 1 atom stereocenters. The summed E-state index contributed by atoms with van der Waals surface area (Å²) in [5.41, 5.74) is 5.13. The van der Waals surface area contributed by atoms with Crippen molar-refractivity contribution in [3.05, 3.63) is 66.0 Å². The van der Waals surface area contributed by atoms with Gasteiger partial charge in [0.05, 0.1) is 24.1 Å². The van der Waals surface area contributed by atoms with Gasteiger partial charge < -0.3 is 10.1 Å². The second-order valence-electron chi connectivity index (χ2n) is 8.39. The SMILES string of the molecule is CC[C@@H](Oc1cc(-c2cnn(C3CCNCC3)c2C)cn2ncc(C#N)c12)c1ccccn1. The van der Waals surface area contributed by atoms with Crippen molar-refractivity contribution in [3.8, 4) is 22.9 Å². The van der Waals surface area contributed by atoms with E-state index < -0.39 is 0 Å². The maximum absolute atomic E-state index is 9.65. The number of aromatic nitrogens is 5. The third-order valence-electron chi connectivity index (χ3n) is 6.37. The van der Waals surface area contributed by atoms with Crippen LogP contribution in [0.5, 0.6) is 5.75 Å². The summed E-state index contributed by atoms with van der Waals surface area (Å²) in [4.78, 5) is 4.48. The first-order valence-electron chi connectivity index (χ1n) is 11.4. The summed E-state index contributed by atoms with van der Waals surface area (Å²) in [6, 6.07) is 10.5. The van der Waals surface area contributed by atoms with Crippen molar-refractivity contribution < 1.29 is 4.74 Å². The van der Waals surface area contributed by atoms with E-state index in [1.54, 1.807) is 16.9 Å². The molecule has 0 bridgehead atoms. The zero-order valence-electron chi connectivity index (χ0n) is 18.9. The smallest absolute Gasteiger partial charge is 0.148 e.